The molecule has 0 aliphatic carbocycles. The van der Waals surface area contributed by atoms with Crippen molar-refractivity contribution in [2.45, 2.75) is 26.4 Å². The van der Waals surface area contributed by atoms with Crippen LogP contribution < -0.4 is 5.32 Å². The molecule has 0 aromatic carbocycles. The Bertz CT molecular complexity index is 173. The largest absolute Gasteiger partial charge is 0.463 e. The molecular formula is C11H23NO4. The number of ether oxygens (including phenoxy) is 3. The average Bonchev–Trinajstić information content (AvgIpc) is 2.21. The van der Waals surface area contributed by atoms with Gasteiger partial charge >= 0.3 is 5.97 Å². The maximum atomic E-state index is 11.1. The Morgan fingerprint density at radius 1 is 1.12 bits per heavy atom. The maximum Gasteiger partial charge on any atom is 0.308 e. The predicted molar refractivity (Wildman–Crippen MR) is 61.4 cm³/mol. The topological polar surface area (TPSA) is 56.8 Å². The Morgan fingerprint density at radius 2 is 1.75 bits per heavy atom. The van der Waals surface area contributed by atoms with Crippen LogP contribution in [0.15, 0.2) is 0 Å². The lowest BCUT2D eigenvalue weighted by Gasteiger charge is -2.08. The van der Waals surface area contributed by atoms with E-state index in [1.807, 2.05) is 20.9 Å². The first-order chi connectivity index (χ1) is 7.66. The summed E-state index contributed by atoms with van der Waals surface area (Å²) in [6.45, 7) is 6.62. The minimum atomic E-state index is -0.217. The molecule has 5 nitrogen and oxygen atoms in total. The molecule has 0 fully saturated rings. The maximum absolute atomic E-state index is 11.1. The molecule has 0 radical (unpaired) electrons. The van der Waals surface area contributed by atoms with Gasteiger partial charge in [-0.15, -0.1) is 0 Å². The predicted octanol–water partition coefficient (Wildman–Crippen LogP) is 0.581. The van der Waals surface area contributed by atoms with Gasteiger partial charge < -0.3 is 19.5 Å². The highest BCUT2D eigenvalue weighted by atomic mass is 16.5. The van der Waals surface area contributed by atoms with Crippen molar-refractivity contribution < 1.29 is 19.0 Å². The molecule has 0 spiro atoms. The van der Waals surface area contributed by atoms with Crippen LogP contribution in [0.3, 0.4) is 0 Å². The van der Waals surface area contributed by atoms with Crippen LogP contribution in [0.25, 0.3) is 0 Å². The van der Waals surface area contributed by atoms with Gasteiger partial charge in [0, 0.05) is 6.54 Å². The fourth-order valence-electron chi connectivity index (χ4n) is 0.974. The third kappa shape index (κ3) is 11.4. The number of esters is 1. The van der Waals surface area contributed by atoms with Crippen molar-refractivity contribution in [1.82, 2.24) is 5.32 Å². The molecule has 0 heterocycles. The van der Waals surface area contributed by atoms with Gasteiger partial charge in [-0.3, -0.25) is 4.79 Å². The summed E-state index contributed by atoms with van der Waals surface area (Å²) < 4.78 is 15.4. The molecule has 0 rings (SSSR count). The number of nitrogens with one attached hydrogen (secondary N) is 1. The van der Waals surface area contributed by atoms with Crippen LogP contribution in [0.4, 0.5) is 0 Å². The first kappa shape index (κ1) is 15.3. The quantitative estimate of drug-likeness (QED) is 0.442. The Morgan fingerprint density at radius 3 is 2.31 bits per heavy atom. The van der Waals surface area contributed by atoms with Gasteiger partial charge in [-0.25, -0.2) is 0 Å². The van der Waals surface area contributed by atoms with Crippen molar-refractivity contribution >= 4 is 5.97 Å². The molecular weight excluding hydrogens is 210 g/mol. The monoisotopic (exact) mass is 233 g/mol. The summed E-state index contributed by atoms with van der Waals surface area (Å²) in [5.74, 6) is -0.217. The summed E-state index contributed by atoms with van der Waals surface area (Å²) in [4.78, 5) is 11.1. The van der Waals surface area contributed by atoms with Gasteiger partial charge in [-0.05, 0) is 20.9 Å². The molecule has 0 aliphatic heterocycles. The van der Waals surface area contributed by atoms with Crippen LogP contribution in [0.2, 0.25) is 0 Å². The summed E-state index contributed by atoms with van der Waals surface area (Å²) in [6.07, 6.45) is 0.242. The molecule has 0 atom stereocenters. The molecule has 5 heteroatoms. The summed E-state index contributed by atoms with van der Waals surface area (Å²) in [7, 11) is 1.88. The number of carbonyl (C=O) groups is 1. The van der Waals surface area contributed by atoms with Crippen molar-refractivity contribution in [3.63, 3.8) is 0 Å². The number of likely N-dealkylation sites (N-methyl/N-ethyl adjacent to an activating group) is 1. The molecule has 0 aromatic rings. The summed E-state index contributed by atoms with van der Waals surface area (Å²) >= 11 is 0. The number of rotatable bonds is 10. The molecule has 16 heavy (non-hydrogen) atoms. The molecule has 0 unspecified atom stereocenters. The lowest BCUT2D eigenvalue weighted by molar-refractivity contribution is -0.148. The van der Waals surface area contributed by atoms with E-state index in [1.165, 1.54) is 0 Å². The zero-order valence-corrected chi connectivity index (χ0v) is 10.5. The summed E-state index contributed by atoms with van der Waals surface area (Å²) in [5.41, 5.74) is 0. The van der Waals surface area contributed by atoms with Gasteiger partial charge in [0.25, 0.3) is 0 Å². The van der Waals surface area contributed by atoms with Crippen molar-refractivity contribution in [3.05, 3.63) is 0 Å². The minimum absolute atomic E-state index is 0.0580. The molecule has 0 aromatic heterocycles. The molecule has 0 bridgehead atoms. The Hall–Kier alpha value is -0.650. The molecule has 0 saturated heterocycles. The van der Waals surface area contributed by atoms with Crippen molar-refractivity contribution in [2.75, 3.05) is 40.0 Å². The number of hydrogen-bond donors (Lipinski definition) is 1. The minimum Gasteiger partial charge on any atom is -0.463 e. The van der Waals surface area contributed by atoms with Crippen molar-refractivity contribution in [3.8, 4) is 0 Å². The van der Waals surface area contributed by atoms with Crippen LogP contribution in [0.1, 0.15) is 20.3 Å². The highest BCUT2D eigenvalue weighted by Crippen LogP contribution is 1.93. The second-order valence-corrected chi connectivity index (χ2v) is 3.62. The Labute approximate surface area is 97.4 Å². The Kier molecular flexibility index (Phi) is 10.4. The molecule has 1 N–H and O–H groups in total. The van der Waals surface area contributed by atoms with Crippen LogP contribution in [0, 0.1) is 0 Å². The zero-order valence-electron chi connectivity index (χ0n) is 10.5. The smallest absolute Gasteiger partial charge is 0.308 e. The lowest BCUT2D eigenvalue weighted by Crippen LogP contribution is -2.17. The second kappa shape index (κ2) is 10.9. The first-order valence-corrected chi connectivity index (χ1v) is 5.66. The van der Waals surface area contributed by atoms with E-state index in [4.69, 9.17) is 14.2 Å². The third-order valence-corrected chi connectivity index (χ3v) is 1.69. The molecule has 0 amide bonds. The fraction of sp³-hybridized carbons (Fsp3) is 0.909. The van der Waals surface area contributed by atoms with Gasteiger partial charge in [-0.1, -0.05) is 0 Å². The third-order valence-electron chi connectivity index (χ3n) is 1.69. The fourth-order valence-corrected chi connectivity index (χ4v) is 0.974. The first-order valence-electron chi connectivity index (χ1n) is 5.66. The van der Waals surface area contributed by atoms with E-state index in [2.05, 4.69) is 5.32 Å². The van der Waals surface area contributed by atoms with Crippen LogP contribution in [0.5, 0.6) is 0 Å². The van der Waals surface area contributed by atoms with E-state index in [0.29, 0.717) is 32.8 Å². The van der Waals surface area contributed by atoms with Gasteiger partial charge in [0.15, 0.2) is 0 Å². The molecule has 96 valence electrons. The van der Waals surface area contributed by atoms with E-state index in [9.17, 15) is 4.79 Å². The number of carbonyl (C=O) groups excluding carboxylic acids is 1. The second-order valence-electron chi connectivity index (χ2n) is 3.62. The van der Waals surface area contributed by atoms with Gasteiger partial charge in [-0.2, -0.15) is 0 Å². The summed E-state index contributed by atoms with van der Waals surface area (Å²) in [5, 5.41) is 2.98. The van der Waals surface area contributed by atoms with Crippen molar-refractivity contribution in [2.24, 2.45) is 0 Å². The zero-order chi connectivity index (χ0) is 12.2. The SMILES string of the molecule is CNCCOCCOCCC(=O)OC(C)C. The highest BCUT2D eigenvalue weighted by Gasteiger charge is 2.04. The average molecular weight is 233 g/mol. The Balaban J connectivity index is 3.11. The normalized spacial score (nSPS) is 10.8. The van der Waals surface area contributed by atoms with E-state index in [0.717, 1.165) is 6.54 Å². The molecule has 0 saturated carbocycles. The van der Waals surface area contributed by atoms with Crippen molar-refractivity contribution in [1.29, 1.82) is 0 Å². The van der Waals surface area contributed by atoms with E-state index >= 15 is 0 Å². The highest BCUT2D eigenvalue weighted by molar-refractivity contribution is 5.69. The van der Waals surface area contributed by atoms with Crippen LogP contribution in [-0.2, 0) is 19.0 Å². The van der Waals surface area contributed by atoms with E-state index < -0.39 is 0 Å². The lowest BCUT2D eigenvalue weighted by atomic mass is 10.4. The molecule has 0 aliphatic rings. The van der Waals surface area contributed by atoms with Crippen LogP contribution >= 0.6 is 0 Å². The van der Waals surface area contributed by atoms with E-state index in [1.54, 1.807) is 0 Å². The summed E-state index contributed by atoms with van der Waals surface area (Å²) in [6, 6.07) is 0. The number of hydrogen-bond acceptors (Lipinski definition) is 5. The standard InChI is InChI=1S/C11H23NO4/c1-10(2)16-11(13)4-6-14-8-9-15-7-5-12-3/h10,12H,4-9H2,1-3H3. The van der Waals surface area contributed by atoms with E-state index in [-0.39, 0.29) is 12.1 Å². The van der Waals surface area contributed by atoms with Gasteiger partial charge in [0.05, 0.1) is 39.0 Å². The van der Waals surface area contributed by atoms with Gasteiger partial charge in [0.1, 0.15) is 0 Å². The van der Waals surface area contributed by atoms with Crippen LogP contribution in [-0.4, -0.2) is 52.1 Å². The van der Waals surface area contributed by atoms with Gasteiger partial charge in [0.2, 0.25) is 0 Å².